The van der Waals surface area contributed by atoms with Crippen molar-refractivity contribution in [2.24, 2.45) is 5.92 Å². The lowest BCUT2D eigenvalue weighted by atomic mass is 9.98. The van der Waals surface area contributed by atoms with E-state index >= 15 is 0 Å². The molecular weight excluding hydrogens is 184 g/mol. The van der Waals surface area contributed by atoms with E-state index in [9.17, 15) is 0 Å². The summed E-state index contributed by atoms with van der Waals surface area (Å²) in [7, 11) is 4.27. The minimum absolute atomic E-state index is 0.724. The molecule has 0 radical (unpaired) electrons. The molecule has 0 heterocycles. The lowest BCUT2D eigenvalue weighted by Crippen LogP contribution is -2.32. The fourth-order valence-corrected chi connectivity index (χ4v) is 1.75. The van der Waals surface area contributed by atoms with E-state index in [2.05, 4.69) is 45.1 Å². The first-order valence-corrected chi connectivity index (χ1v) is 6.48. The monoisotopic (exact) mass is 214 g/mol. The molecule has 1 N–H and O–H groups in total. The lowest BCUT2D eigenvalue weighted by Gasteiger charge is -2.20. The molecule has 15 heavy (non-hydrogen) atoms. The van der Waals surface area contributed by atoms with Gasteiger partial charge in [-0.3, -0.25) is 0 Å². The van der Waals surface area contributed by atoms with Gasteiger partial charge in [0, 0.05) is 6.04 Å². The van der Waals surface area contributed by atoms with Crippen LogP contribution < -0.4 is 5.32 Å². The average Bonchev–Trinajstić information content (AvgIpc) is 2.21. The van der Waals surface area contributed by atoms with Gasteiger partial charge < -0.3 is 10.2 Å². The van der Waals surface area contributed by atoms with E-state index in [4.69, 9.17) is 0 Å². The van der Waals surface area contributed by atoms with E-state index in [0.717, 1.165) is 18.5 Å². The van der Waals surface area contributed by atoms with Gasteiger partial charge in [-0.1, -0.05) is 27.2 Å². The van der Waals surface area contributed by atoms with Gasteiger partial charge in [0.1, 0.15) is 0 Å². The Morgan fingerprint density at radius 3 is 2.27 bits per heavy atom. The van der Waals surface area contributed by atoms with Crippen LogP contribution in [0.3, 0.4) is 0 Å². The summed E-state index contributed by atoms with van der Waals surface area (Å²) in [5.74, 6) is 0.858. The third-order valence-electron chi connectivity index (χ3n) is 3.09. The Hall–Kier alpha value is -0.0800. The summed E-state index contributed by atoms with van der Waals surface area (Å²) in [6, 6.07) is 0.724. The average molecular weight is 214 g/mol. The van der Waals surface area contributed by atoms with Gasteiger partial charge in [0.2, 0.25) is 0 Å². The summed E-state index contributed by atoms with van der Waals surface area (Å²) in [6.45, 7) is 9.26. The molecule has 2 nitrogen and oxygen atoms in total. The number of hydrogen-bond donors (Lipinski definition) is 1. The molecule has 2 atom stereocenters. The van der Waals surface area contributed by atoms with Gasteiger partial charge in [0.15, 0.2) is 0 Å². The van der Waals surface area contributed by atoms with Crippen LogP contribution in [0.1, 0.15) is 46.5 Å². The number of nitrogens with zero attached hydrogens (tertiary/aromatic N) is 1. The Morgan fingerprint density at radius 2 is 1.80 bits per heavy atom. The number of hydrogen-bond acceptors (Lipinski definition) is 2. The summed E-state index contributed by atoms with van der Waals surface area (Å²) in [4.78, 5) is 2.25. The molecule has 0 aromatic rings. The van der Waals surface area contributed by atoms with E-state index in [1.54, 1.807) is 0 Å². The second-order valence-electron chi connectivity index (χ2n) is 4.97. The highest BCUT2D eigenvalue weighted by Gasteiger charge is 2.09. The molecule has 0 saturated heterocycles. The predicted octanol–water partition coefficient (Wildman–Crippen LogP) is 2.74. The third-order valence-corrected chi connectivity index (χ3v) is 3.09. The Balaban J connectivity index is 3.52. The van der Waals surface area contributed by atoms with Gasteiger partial charge in [0.05, 0.1) is 0 Å². The van der Waals surface area contributed by atoms with E-state index in [1.165, 1.54) is 32.2 Å². The quantitative estimate of drug-likeness (QED) is 0.594. The van der Waals surface area contributed by atoms with E-state index in [-0.39, 0.29) is 0 Å². The highest BCUT2D eigenvalue weighted by molar-refractivity contribution is 4.68. The van der Waals surface area contributed by atoms with Crippen LogP contribution in [0.4, 0.5) is 0 Å². The van der Waals surface area contributed by atoms with Crippen LogP contribution in [-0.2, 0) is 0 Å². The first-order chi connectivity index (χ1) is 7.10. The summed E-state index contributed by atoms with van der Waals surface area (Å²) in [6.07, 6.45) is 5.14. The van der Waals surface area contributed by atoms with E-state index in [0.29, 0.717) is 0 Å². The zero-order valence-electron chi connectivity index (χ0n) is 11.3. The van der Waals surface area contributed by atoms with Crippen molar-refractivity contribution in [2.45, 2.75) is 52.5 Å². The maximum absolute atomic E-state index is 3.66. The Morgan fingerprint density at radius 1 is 1.13 bits per heavy atom. The van der Waals surface area contributed by atoms with Crippen LogP contribution in [0.25, 0.3) is 0 Å². The summed E-state index contributed by atoms with van der Waals surface area (Å²) < 4.78 is 0. The highest BCUT2D eigenvalue weighted by Crippen LogP contribution is 2.11. The minimum Gasteiger partial charge on any atom is -0.314 e. The van der Waals surface area contributed by atoms with Crippen LogP contribution >= 0.6 is 0 Å². The van der Waals surface area contributed by atoms with Crippen molar-refractivity contribution in [3.8, 4) is 0 Å². The number of nitrogens with one attached hydrogen (secondary N) is 1. The van der Waals surface area contributed by atoms with Crippen LogP contribution in [0.15, 0.2) is 0 Å². The van der Waals surface area contributed by atoms with Crippen LogP contribution in [0, 0.1) is 5.92 Å². The Bertz CT molecular complexity index is 134. The summed E-state index contributed by atoms with van der Waals surface area (Å²) >= 11 is 0. The first-order valence-electron chi connectivity index (χ1n) is 6.48. The zero-order chi connectivity index (χ0) is 11.7. The predicted molar refractivity (Wildman–Crippen MR) is 69.3 cm³/mol. The highest BCUT2D eigenvalue weighted by atomic mass is 15.1. The fraction of sp³-hybridized carbons (Fsp3) is 1.00. The normalized spacial score (nSPS) is 15.6. The summed E-state index contributed by atoms with van der Waals surface area (Å²) in [5.41, 5.74) is 0. The fourth-order valence-electron chi connectivity index (χ4n) is 1.75. The maximum atomic E-state index is 3.66. The molecule has 0 aromatic heterocycles. The second kappa shape index (κ2) is 9.17. The van der Waals surface area contributed by atoms with Gasteiger partial charge in [0.25, 0.3) is 0 Å². The van der Waals surface area contributed by atoms with Crippen molar-refractivity contribution in [1.82, 2.24) is 10.2 Å². The first kappa shape index (κ1) is 14.9. The van der Waals surface area contributed by atoms with Crippen LogP contribution in [0.5, 0.6) is 0 Å². The molecule has 2 heteroatoms. The molecule has 0 spiro atoms. The van der Waals surface area contributed by atoms with Gasteiger partial charge in [-0.2, -0.15) is 0 Å². The van der Waals surface area contributed by atoms with Crippen molar-refractivity contribution in [1.29, 1.82) is 0 Å². The second-order valence-corrected chi connectivity index (χ2v) is 4.97. The molecule has 0 aromatic carbocycles. The summed E-state index contributed by atoms with van der Waals surface area (Å²) in [5, 5.41) is 3.66. The standard InChI is InChI=1S/C13H30N2/c1-6-12(3)11-13(7-2)14-9-8-10-15(4)5/h12-14H,6-11H2,1-5H3/t12-,13+/m1/s1. The van der Waals surface area contributed by atoms with Crippen molar-refractivity contribution in [3.05, 3.63) is 0 Å². The Kier molecular flexibility index (Phi) is 9.12. The van der Waals surface area contributed by atoms with E-state index in [1.807, 2.05) is 0 Å². The molecule has 0 unspecified atom stereocenters. The molecule has 0 aliphatic heterocycles. The lowest BCUT2D eigenvalue weighted by molar-refractivity contribution is 0.357. The largest absolute Gasteiger partial charge is 0.314 e. The minimum atomic E-state index is 0.724. The molecule has 0 aliphatic rings. The third kappa shape index (κ3) is 8.88. The SMILES string of the molecule is CC[C@@H](C)C[C@H](CC)NCCCN(C)C. The van der Waals surface area contributed by atoms with Crippen molar-refractivity contribution in [3.63, 3.8) is 0 Å². The van der Waals surface area contributed by atoms with Gasteiger partial charge in [-0.05, 0) is 52.4 Å². The molecule has 0 saturated carbocycles. The van der Waals surface area contributed by atoms with Crippen molar-refractivity contribution >= 4 is 0 Å². The molecule has 0 aliphatic carbocycles. The van der Waals surface area contributed by atoms with Gasteiger partial charge >= 0.3 is 0 Å². The molecule has 0 rings (SSSR count). The molecular formula is C13H30N2. The zero-order valence-corrected chi connectivity index (χ0v) is 11.3. The van der Waals surface area contributed by atoms with Gasteiger partial charge in [-0.25, -0.2) is 0 Å². The van der Waals surface area contributed by atoms with Crippen LogP contribution in [-0.4, -0.2) is 38.1 Å². The molecule has 0 bridgehead atoms. The maximum Gasteiger partial charge on any atom is 0.00669 e. The van der Waals surface area contributed by atoms with Gasteiger partial charge in [-0.15, -0.1) is 0 Å². The number of rotatable bonds is 9. The smallest absolute Gasteiger partial charge is 0.00669 e. The van der Waals surface area contributed by atoms with Crippen molar-refractivity contribution < 1.29 is 0 Å². The molecule has 0 amide bonds. The Labute approximate surface area is 96.4 Å². The van der Waals surface area contributed by atoms with Crippen molar-refractivity contribution in [2.75, 3.05) is 27.2 Å². The van der Waals surface area contributed by atoms with E-state index < -0.39 is 0 Å². The molecule has 0 fully saturated rings. The molecule has 92 valence electrons. The topological polar surface area (TPSA) is 15.3 Å². The van der Waals surface area contributed by atoms with Crippen LogP contribution in [0.2, 0.25) is 0 Å².